The average Bonchev–Trinajstić information content (AvgIpc) is 2.87. The number of hydrogen-bond donors (Lipinski definition) is 1. The van der Waals surface area contributed by atoms with E-state index >= 15 is 0 Å². The Kier molecular flexibility index (Phi) is 2.48. The molecule has 0 radical (unpaired) electrons. The van der Waals surface area contributed by atoms with Gasteiger partial charge in [-0.3, -0.25) is 0 Å². The summed E-state index contributed by atoms with van der Waals surface area (Å²) in [6.45, 7) is 2.53. The number of aryl methyl sites for hydroxylation is 2. The van der Waals surface area contributed by atoms with Crippen LogP contribution in [0, 0.1) is 6.92 Å². The molecule has 90 valence electrons. The summed E-state index contributed by atoms with van der Waals surface area (Å²) < 4.78 is 6.73. The smallest absolute Gasteiger partial charge is 0.127 e. The molecule has 1 unspecified atom stereocenters. The van der Waals surface area contributed by atoms with Crippen LogP contribution in [-0.4, -0.2) is 20.0 Å². The van der Waals surface area contributed by atoms with Gasteiger partial charge in [0.15, 0.2) is 0 Å². The number of aliphatic hydroxyl groups is 1. The summed E-state index contributed by atoms with van der Waals surface area (Å²) in [5.41, 5.74) is 3.97. The topological polar surface area (TPSA) is 64.1 Å². The minimum atomic E-state index is -0.309. The van der Waals surface area contributed by atoms with E-state index in [9.17, 15) is 5.11 Å². The van der Waals surface area contributed by atoms with E-state index in [1.165, 1.54) is 5.56 Å². The zero-order valence-electron chi connectivity index (χ0n) is 9.76. The Morgan fingerprint density at radius 3 is 3.06 bits per heavy atom. The first-order valence-electron chi connectivity index (χ1n) is 5.88. The van der Waals surface area contributed by atoms with Crippen molar-refractivity contribution in [2.45, 2.75) is 38.8 Å². The van der Waals surface area contributed by atoms with Crippen LogP contribution in [0.5, 0.6) is 0 Å². The second-order valence-corrected chi connectivity index (χ2v) is 4.62. The Balaban J connectivity index is 1.88. The third-order valence-corrected chi connectivity index (χ3v) is 3.36. The van der Waals surface area contributed by atoms with Crippen LogP contribution in [0.4, 0.5) is 0 Å². The lowest BCUT2D eigenvalue weighted by molar-refractivity contribution is 0.157. The normalized spacial score (nSPS) is 19.3. The summed E-state index contributed by atoms with van der Waals surface area (Å²) in [5.74, 6) is 0. The Bertz CT molecular complexity index is 530. The molecule has 2 heterocycles. The van der Waals surface area contributed by atoms with Crippen LogP contribution in [0.25, 0.3) is 0 Å². The lowest BCUT2D eigenvalue weighted by Crippen LogP contribution is -2.05. The lowest BCUT2D eigenvalue weighted by atomic mass is 9.93. The van der Waals surface area contributed by atoms with E-state index < -0.39 is 0 Å². The van der Waals surface area contributed by atoms with Crippen molar-refractivity contribution in [1.82, 2.24) is 14.9 Å². The third-order valence-electron chi connectivity index (χ3n) is 3.36. The Morgan fingerprint density at radius 1 is 1.47 bits per heavy atom. The molecule has 3 rings (SSSR count). The van der Waals surface area contributed by atoms with Gasteiger partial charge in [0.05, 0.1) is 12.6 Å². The minimum Gasteiger partial charge on any atom is -0.388 e. The maximum absolute atomic E-state index is 9.90. The van der Waals surface area contributed by atoms with E-state index in [-0.39, 0.29) is 6.10 Å². The van der Waals surface area contributed by atoms with E-state index in [1.807, 2.05) is 17.7 Å². The summed E-state index contributed by atoms with van der Waals surface area (Å²) in [6, 6.07) is 0. The molecule has 2 aromatic heterocycles. The van der Waals surface area contributed by atoms with E-state index in [0.717, 1.165) is 36.2 Å². The molecule has 0 spiro atoms. The monoisotopic (exact) mass is 233 g/mol. The van der Waals surface area contributed by atoms with Gasteiger partial charge in [-0.1, -0.05) is 10.3 Å². The Labute approximate surface area is 99.0 Å². The van der Waals surface area contributed by atoms with E-state index in [2.05, 4.69) is 21.1 Å². The highest BCUT2D eigenvalue weighted by atomic mass is 16.6. The minimum absolute atomic E-state index is 0.309. The van der Waals surface area contributed by atoms with Gasteiger partial charge >= 0.3 is 0 Å². The van der Waals surface area contributed by atoms with Gasteiger partial charge in [-0.25, -0.2) is 4.63 Å². The fourth-order valence-corrected chi connectivity index (χ4v) is 2.38. The van der Waals surface area contributed by atoms with Crippen LogP contribution in [0.1, 0.15) is 41.5 Å². The SMILES string of the molecule is Cc1nonc1Cn1cc2c(c1)C(O)CCC2. The maximum Gasteiger partial charge on any atom is 0.127 e. The quantitative estimate of drug-likeness (QED) is 0.855. The van der Waals surface area contributed by atoms with E-state index in [1.54, 1.807) is 0 Å². The van der Waals surface area contributed by atoms with Crippen LogP contribution >= 0.6 is 0 Å². The fourth-order valence-electron chi connectivity index (χ4n) is 2.38. The van der Waals surface area contributed by atoms with E-state index in [4.69, 9.17) is 0 Å². The molecule has 0 aromatic carbocycles. The summed E-state index contributed by atoms with van der Waals surface area (Å²) in [7, 11) is 0. The molecular weight excluding hydrogens is 218 g/mol. The molecule has 1 aliphatic carbocycles. The molecule has 2 aromatic rings. The summed E-state index contributed by atoms with van der Waals surface area (Å²) in [4.78, 5) is 0. The fraction of sp³-hybridized carbons (Fsp3) is 0.500. The number of rotatable bonds is 2. The second kappa shape index (κ2) is 4.00. The van der Waals surface area contributed by atoms with Crippen LogP contribution in [0.3, 0.4) is 0 Å². The molecule has 1 aliphatic rings. The lowest BCUT2D eigenvalue weighted by Gasteiger charge is -2.16. The molecule has 0 saturated carbocycles. The van der Waals surface area contributed by atoms with Gasteiger partial charge < -0.3 is 9.67 Å². The van der Waals surface area contributed by atoms with Crippen molar-refractivity contribution in [3.8, 4) is 0 Å². The molecular formula is C12H15N3O2. The van der Waals surface area contributed by atoms with Gasteiger partial charge in [-0.2, -0.15) is 0 Å². The zero-order valence-corrected chi connectivity index (χ0v) is 9.76. The summed E-state index contributed by atoms with van der Waals surface area (Å²) >= 11 is 0. The highest BCUT2D eigenvalue weighted by Crippen LogP contribution is 2.30. The molecule has 1 N–H and O–H groups in total. The molecule has 0 fully saturated rings. The van der Waals surface area contributed by atoms with Crippen molar-refractivity contribution in [2.75, 3.05) is 0 Å². The molecule has 0 bridgehead atoms. The predicted octanol–water partition coefficient (Wildman–Crippen LogP) is 1.60. The zero-order chi connectivity index (χ0) is 11.8. The average molecular weight is 233 g/mol. The maximum atomic E-state index is 9.90. The number of fused-ring (bicyclic) bond motifs is 1. The van der Waals surface area contributed by atoms with Crippen molar-refractivity contribution < 1.29 is 9.74 Å². The van der Waals surface area contributed by atoms with Crippen LogP contribution < -0.4 is 0 Å². The number of hydrogen-bond acceptors (Lipinski definition) is 4. The van der Waals surface area contributed by atoms with Gasteiger partial charge in [0.1, 0.15) is 11.4 Å². The first-order chi connectivity index (χ1) is 8.24. The first-order valence-corrected chi connectivity index (χ1v) is 5.88. The molecule has 1 atom stereocenters. The molecule has 0 saturated heterocycles. The van der Waals surface area contributed by atoms with Crippen LogP contribution in [0.2, 0.25) is 0 Å². The molecule has 0 amide bonds. The molecule has 5 nitrogen and oxygen atoms in total. The van der Waals surface area contributed by atoms with Gasteiger partial charge in [-0.05, 0) is 31.7 Å². The van der Waals surface area contributed by atoms with Gasteiger partial charge in [0, 0.05) is 18.0 Å². The number of nitrogens with zero attached hydrogens (tertiary/aromatic N) is 3. The highest BCUT2D eigenvalue weighted by molar-refractivity contribution is 5.29. The van der Waals surface area contributed by atoms with E-state index in [0.29, 0.717) is 6.54 Å². The van der Waals surface area contributed by atoms with Crippen LogP contribution in [-0.2, 0) is 13.0 Å². The van der Waals surface area contributed by atoms with Crippen molar-refractivity contribution in [1.29, 1.82) is 0 Å². The Hall–Kier alpha value is -1.62. The Morgan fingerprint density at radius 2 is 2.35 bits per heavy atom. The standard InChI is InChI=1S/C12H15N3O2/c1-8-11(14-17-13-8)7-15-5-9-3-2-4-12(16)10(9)6-15/h5-6,12,16H,2-4,7H2,1H3. The molecule has 0 aliphatic heterocycles. The molecule has 17 heavy (non-hydrogen) atoms. The molecule has 5 heteroatoms. The third kappa shape index (κ3) is 1.86. The van der Waals surface area contributed by atoms with Gasteiger partial charge in [0.2, 0.25) is 0 Å². The van der Waals surface area contributed by atoms with Crippen molar-refractivity contribution in [3.05, 3.63) is 34.9 Å². The highest BCUT2D eigenvalue weighted by Gasteiger charge is 2.20. The number of aliphatic hydroxyl groups excluding tert-OH is 1. The first kappa shape index (κ1) is 10.5. The van der Waals surface area contributed by atoms with Crippen molar-refractivity contribution in [2.24, 2.45) is 0 Å². The largest absolute Gasteiger partial charge is 0.388 e. The predicted molar refractivity (Wildman–Crippen MR) is 60.5 cm³/mol. The second-order valence-electron chi connectivity index (χ2n) is 4.62. The van der Waals surface area contributed by atoms with Gasteiger partial charge in [0.25, 0.3) is 0 Å². The summed E-state index contributed by atoms with van der Waals surface area (Å²) in [5, 5.41) is 17.5. The van der Waals surface area contributed by atoms with Crippen molar-refractivity contribution >= 4 is 0 Å². The summed E-state index contributed by atoms with van der Waals surface area (Å²) in [6.07, 6.45) is 6.76. The van der Waals surface area contributed by atoms with Gasteiger partial charge in [-0.15, -0.1) is 0 Å². The van der Waals surface area contributed by atoms with Crippen LogP contribution in [0.15, 0.2) is 17.0 Å². The van der Waals surface area contributed by atoms with Crippen molar-refractivity contribution in [3.63, 3.8) is 0 Å². The number of aromatic nitrogens is 3.